The average Bonchev–Trinajstić information content (AvgIpc) is 2.14. The third-order valence-corrected chi connectivity index (χ3v) is 3.31. The van der Waals surface area contributed by atoms with Gasteiger partial charge in [-0.2, -0.15) is 0 Å². The van der Waals surface area contributed by atoms with Gasteiger partial charge in [0.1, 0.15) is 16.5 Å². The number of rotatable bonds is 4. The minimum Gasteiger partial charge on any atom is -0.387 e. The van der Waals surface area contributed by atoms with Gasteiger partial charge in [-0.1, -0.05) is 0 Å². The summed E-state index contributed by atoms with van der Waals surface area (Å²) < 4.78 is 49.2. The molecule has 1 aromatic rings. The van der Waals surface area contributed by atoms with Crippen LogP contribution in [0.15, 0.2) is 17.0 Å². The van der Waals surface area contributed by atoms with Crippen molar-refractivity contribution in [2.45, 2.75) is 11.0 Å². The van der Waals surface area contributed by atoms with Crippen LogP contribution in [0.5, 0.6) is 0 Å². The zero-order valence-electron chi connectivity index (χ0n) is 9.37. The van der Waals surface area contributed by atoms with Crippen molar-refractivity contribution >= 4 is 9.84 Å². The molecule has 0 aromatic heterocycles. The zero-order valence-corrected chi connectivity index (χ0v) is 10.2. The van der Waals surface area contributed by atoms with Gasteiger partial charge in [0.05, 0.1) is 6.10 Å². The van der Waals surface area contributed by atoms with Crippen LogP contribution in [0.25, 0.3) is 0 Å². The predicted octanol–water partition coefficient (Wildman–Crippen LogP) is 0.621. The molecule has 0 aliphatic rings. The molecule has 0 bridgehead atoms. The van der Waals surface area contributed by atoms with Crippen molar-refractivity contribution in [3.05, 3.63) is 29.3 Å². The van der Waals surface area contributed by atoms with Crippen molar-refractivity contribution in [2.75, 3.05) is 19.8 Å². The molecule has 0 aliphatic carbocycles. The van der Waals surface area contributed by atoms with Crippen LogP contribution >= 0.6 is 0 Å². The van der Waals surface area contributed by atoms with E-state index in [4.69, 9.17) is 0 Å². The number of likely N-dealkylation sites (N-methyl/N-ethyl adjacent to an activating group) is 1. The lowest BCUT2D eigenvalue weighted by Gasteiger charge is -2.12. The highest BCUT2D eigenvalue weighted by Gasteiger charge is 2.22. The molecular weight excluding hydrogens is 252 g/mol. The van der Waals surface area contributed by atoms with Gasteiger partial charge in [-0.25, -0.2) is 17.2 Å². The van der Waals surface area contributed by atoms with Crippen LogP contribution in [-0.4, -0.2) is 33.4 Å². The maximum Gasteiger partial charge on any atom is 0.181 e. The largest absolute Gasteiger partial charge is 0.387 e. The lowest BCUT2D eigenvalue weighted by atomic mass is 10.1. The summed E-state index contributed by atoms with van der Waals surface area (Å²) in [6.07, 6.45) is -0.379. The number of hydrogen-bond acceptors (Lipinski definition) is 4. The van der Waals surface area contributed by atoms with Crippen LogP contribution in [0.3, 0.4) is 0 Å². The smallest absolute Gasteiger partial charge is 0.181 e. The van der Waals surface area contributed by atoms with E-state index in [1.165, 1.54) is 0 Å². The summed E-state index contributed by atoms with van der Waals surface area (Å²) in [5.41, 5.74) is -0.0123. The Balaban J connectivity index is 3.28. The molecule has 0 fully saturated rings. The first-order chi connectivity index (χ1) is 7.77. The molecule has 0 saturated carbocycles. The SMILES string of the molecule is CNCC(O)c1cc(F)c(S(C)(=O)=O)c(F)c1. The second-order valence-corrected chi connectivity index (χ2v) is 5.61. The standard InChI is InChI=1S/C10H13F2NO3S/c1-13-5-9(14)6-3-7(11)10(8(12)4-6)17(2,15)16/h3-4,9,13-14H,5H2,1-2H3. The van der Waals surface area contributed by atoms with Crippen molar-refractivity contribution in [3.8, 4) is 0 Å². The average molecular weight is 265 g/mol. The molecule has 0 amide bonds. The zero-order chi connectivity index (χ0) is 13.2. The first kappa shape index (κ1) is 14.0. The Kier molecular flexibility index (Phi) is 4.18. The molecule has 0 radical (unpaired) electrons. The number of halogens is 2. The van der Waals surface area contributed by atoms with Crippen molar-refractivity contribution < 1.29 is 22.3 Å². The lowest BCUT2D eigenvalue weighted by Crippen LogP contribution is -2.17. The van der Waals surface area contributed by atoms with E-state index in [-0.39, 0.29) is 12.1 Å². The summed E-state index contributed by atoms with van der Waals surface area (Å²) in [5, 5.41) is 12.2. The van der Waals surface area contributed by atoms with Crippen LogP contribution in [0.1, 0.15) is 11.7 Å². The van der Waals surface area contributed by atoms with Crippen molar-refractivity contribution in [1.29, 1.82) is 0 Å². The predicted molar refractivity (Wildman–Crippen MR) is 58.4 cm³/mol. The van der Waals surface area contributed by atoms with Crippen molar-refractivity contribution in [3.63, 3.8) is 0 Å². The van der Waals surface area contributed by atoms with Crippen molar-refractivity contribution in [1.82, 2.24) is 5.32 Å². The summed E-state index contributed by atoms with van der Waals surface area (Å²) in [6.45, 7) is 0.108. The minimum absolute atomic E-state index is 0.0123. The molecule has 0 saturated heterocycles. The minimum atomic E-state index is -3.97. The number of hydrogen-bond donors (Lipinski definition) is 2. The van der Waals surface area contributed by atoms with E-state index in [1.807, 2.05) is 0 Å². The van der Waals surface area contributed by atoms with Gasteiger partial charge in [-0.15, -0.1) is 0 Å². The number of nitrogens with one attached hydrogen (secondary N) is 1. The lowest BCUT2D eigenvalue weighted by molar-refractivity contribution is 0.176. The van der Waals surface area contributed by atoms with Crippen LogP contribution in [0.4, 0.5) is 8.78 Å². The van der Waals surface area contributed by atoms with Crippen LogP contribution in [0.2, 0.25) is 0 Å². The highest BCUT2D eigenvalue weighted by atomic mass is 32.2. The molecule has 7 heteroatoms. The van der Waals surface area contributed by atoms with Crippen molar-refractivity contribution in [2.24, 2.45) is 0 Å². The molecule has 2 N–H and O–H groups in total. The summed E-state index contributed by atoms with van der Waals surface area (Å²) in [4.78, 5) is -0.974. The molecule has 96 valence electrons. The van der Waals surface area contributed by atoms with Gasteiger partial charge in [0.25, 0.3) is 0 Å². The highest BCUT2D eigenvalue weighted by Crippen LogP contribution is 2.23. The Morgan fingerprint density at radius 3 is 2.18 bits per heavy atom. The normalized spacial score (nSPS) is 13.7. The molecule has 1 rings (SSSR count). The molecule has 4 nitrogen and oxygen atoms in total. The van der Waals surface area contributed by atoms with Crippen LogP contribution in [0, 0.1) is 11.6 Å². The Morgan fingerprint density at radius 2 is 1.82 bits per heavy atom. The Bertz CT molecular complexity index is 493. The first-order valence-corrected chi connectivity index (χ1v) is 6.68. The quantitative estimate of drug-likeness (QED) is 0.837. The maximum atomic E-state index is 13.5. The van der Waals surface area contributed by atoms with Gasteiger partial charge in [0.15, 0.2) is 9.84 Å². The van der Waals surface area contributed by atoms with E-state index < -0.39 is 32.5 Å². The number of benzene rings is 1. The van der Waals surface area contributed by atoms with Gasteiger partial charge in [-0.3, -0.25) is 0 Å². The molecule has 1 atom stereocenters. The van der Waals surface area contributed by atoms with Gasteiger partial charge in [0.2, 0.25) is 0 Å². The molecule has 0 heterocycles. The Hall–Kier alpha value is -1.05. The topological polar surface area (TPSA) is 66.4 Å². The van der Waals surface area contributed by atoms with E-state index in [9.17, 15) is 22.3 Å². The summed E-state index contributed by atoms with van der Waals surface area (Å²) in [7, 11) is -2.40. The Labute approximate surface area is 98.2 Å². The first-order valence-electron chi connectivity index (χ1n) is 4.79. The van der Waals surface area contributed by atoms with E-state index in [0.29, 0.717) is 0 Å². The number of aliphatic hydroxyl groups is 1. The molecular formula is C10H13F2NO3S. The van der Waals surface area contributed by atoms with E-state index in [2.05, 4.69) is 5.32 Å². The third kappa shape index (κ3) is 3.21. The molecule has 1 aromatic carbocycles. The molecule has 17 heavy (non-hydrogen) atoms. The maximum absolute atomic E-state index is 13.5. The highest BCUT2D eigenvalue weighted by molar-refractivity contribution is 7.90. The van der Waals surface area contributed by atoms with Gasteiger partial charge >= 0.3 is 0 Å². The fourth-order valence-electron chi connectivity index (χ4n) is 1.44. The molecule has 0 spiro atoms. The fraction of sp³-hybridized carbons (Fsp3) is 0.400. The third-order valence-electron chi connectivity index (χ3n) is 2.17. The second-order valence-electron chi connectivity index (χ2n) is 3.66. The van der Waals surface area contributed by atoms with Gasteiger partial charge in [0, 0.05) is 12.8 Å². The second kappa shape index (κ2) is 5.07. The summed E-state index contributed by atoms with van der Waals surface area (Å²) in [6, 6.07) is 1.64. The monoisotopic (exact) mass is 265 g/mol. The molecule has 0 aliphatic heterocycles. The van der Waals surface area contributed by atoms with Crippen LogP contribution < -0.4 is 5.32 Å². The van der Waals surface area contributed by atoms with Gasteiger partial charge < -0.3 is 10.4 Å². The summed E-state index contributed by atoms with van der Waals surface area (Å²) >= 11 is 0. The van der Waals surface area contributed by atoms with Gasteiger partial charge in [-0.05, 0) is 24.7 Å². The summed E-state index contributed by atoms with van der Waals surface area (Å²) in [5.74, 6) is -2.39. The van der Waals surface area contributed by atoms with E-state index >= 15 is 0 Å². The fourth-order valence-corrected chi connectivity index (χ4v) is 2.26. The van der Waals surface area contributed by atoms with E-state index in [1.54, 1.807) is 7.05 Å². The van der Waals surface area contributed by atoms with Crippen LogP contribution in [-0.2, 0) is 9.84 Å². The number of sulfone groups is 1. The number of aliphatic hydroxyl groups excluding tert-OH is 1. The van der Waals surface area contributed by atoms with E-state index in [0.717, 1.165) is 18.4 Å². The molecule has 1 unspecified atom stereocenters. The Morgan fingerprint density at radius 1 is 1.35 bits per heavy atom.